The average Bonchev–Trinajstić information content (AvgIpc) is 2.81. The summed E-state index contributed by atoms with van der Waals surface area (Å²) in [6.07, 6.45) is 0.359. The zero-order valence-corrected chi connectivity index (χ0v) is 17.8. The minimum absolute atomic E-state index is 0.00246. The Kier molecular flexibility index (Phi) is 6.72. The van der Waals surface area contributed by atoms with Crippen LogP contribution in [0.5, 0.6) is 11.5 Å². The third-order valence-electron chi connectivity index (χ3n) is 5.41. The maximum Gasteiger partial charge on any atom is 0.222 e. The largest absolute Gasteiger partial charge is 0.494 e. The number of amides is 1. The van der Waals surface area contributed by atoms with Crippen LogP contribution in [-0.2, 0) is 17.9 Å². The molecule has 5 heteroatoms. The normalized spacial score (nSPS) is 15.0. The molecule has 0 radical (unpaired) electrons. The number of nitrogens with one attached hydrogen (secondary N) is 1. The Balaban J connectivity index is 1.45. The van der Waals surface area contributed by atoms with E-state index >= 15 is 0 Å². The van der Waals surface area contributed by atoms with E-state index < -0.39 is 0 Å². The molecule has 0 aliphatic carbocycles. The SMILES string of the molecule is CCOc1ccccc1CNC(=O)C[C@@H]1COc2ccccc2N1Cc1ccccc1. The number of hydrogen-bond donors (Lipinski definition) is 1. The molecule has 0 saturated heterocycles. The van der Waals surface area contributed by atoms with Crippen molar-refractivity contribution in [2.45, 2.75) is 32.5 Å². The highest BCUT2D eigenvalue weighted by atomic mass is 16.5. The van der Waals surface area contributed by atoms with Gasteiger partial charge in [0.05, 0.1) is 24.8 Å². The van der Waals surface area contributed by atoms with Crippen molar-refractivity contribution in [2.24, 2.45) is 0 Å². The van der Waals surface area contributed by atoms with Crippen molar-refractivity contribution in [1.29, 1.82) is 0 Å². The number of fused-ring (bicyclic) bond motifs is 1. The predicted octanol–water partition coefficient (Wildman–Crippen LogP) is 4.56. The summed E-state index contributed by atoms with van der Waals surface area (Å²) in [5.41, 5.74) is 3.21. The Hall–Kier alpha value is -3.47. The predicted molar refractivity (Wildman–Crippen MR) is 122 cm³/mol. The van der Waals surface area contributed by atoms with E-state index in [0.29, 0.717) is 26.2 Å². The van der Waals surface area contributed by atoms with E-state index in [9.17, 15) is 4.79 Å². The van der Waals surface area contributed by atoms with Gasteiger partial charge < -0.3 is 19.7 Å². The van der Waals surface area contributed by atoms with Gasteiger partial charge in [0.1, 0.15) is 18.1 Å². The molecular formula is C26H28N2O3. The Morgan fingerprint density at radius 3 is 2.61 bits per heavy atom. The van der Waals surface area contributed by atoms with Gasteiger partial charge in [-0.25, -0.2) is 0 Å². The van der Waals surface area contributed by atoms with Gasteiger partial charge in [0, 0.05) is 18.7 Å². The van der Waals surface area contributed by atoms with Crippen LogP contribution in [0.3, 0.4) is 0 Å². The molecule has 0 fully saturated rings. The van der Waals surface area contributed by atoms with Gasteiger partial charge in [0.25, 0.3) is 0 Å². The van der Waals surface area contributed by atoms with Gasteiger partial charge in [-0.1, -0.05) is 60.7 Å². The van der Waals surface area contributed by atoms with Crippen molar-refractivity contribution in [3.8, 4) is 11.5 Å². The number of nitrogens with zero attached hydrogens (tertiary/aromatic N) is 1. The summed E-state index contributed by atoms with van der Waals surface area (Å²) >= 11 is 0. The molecule has 1 aliphatic rings. The fourth-order valence-corrected chi connectivity index (χ4v) is 3.88. The van der Waals surface area contributed by atoms with E-state index in [-0.39, 0.29) is 11.9 Å². The highest BCUT2D eigenvalue weighted by Crippen LogP contribution is 2.35. The Labute approximate surface area is 183 Å². The summed E-state index contributed by atoms with van der Waals surface area (Å²) < 4.78 is 11.6. The molecule has 1 amide bonds. The minimum atomic E-state index is -0.0442. The third-order valence-corrected chi connectivity index (χ3v) is 5.41. The average molecular weight is 417 g/mol. The fourth-order valence-electron chi connectivity index (χ4n) is 3.88. The molecule has 0 saturated carbocycles. The van der Waals surface area contributed by atoms with E-state index in [2.05, 4.69) is 28.4 Å². The van der Waals surface area contributed by atoms with Crippen molar-refractivity contribution in [3.63, 3.8) is 0 Å². The number of benzene rings is 3. The maximum absolute atomic E-state index is 12.8. The second-order valence-corrected chi connectivity index (χ2v) is 7.57. The zero-order chi connectivity index (χ0) is 21.5. The molecule has 5 nitrogen and oxygen atoms in total. The quantitative estimate of drug-likeness (QED) is 0.585. The highest BCUT2D eigenvalue weighted by molar-refractivity contribution is 5.78. The molecule has 4 rings (SSSR count). The molecule has 160 valence electrons. The zero-order valence-electron chi connectivity index (χ0n) is 17.8. The second kappa shape index (κ2) is 10.0. The van der Waals surface area contributed by atoms with Crippen LogP contribution in [0, 0.1) is 0 Å². The third kappa shape index (κ3) is 5.18. The van der Waals surface area contributed by atoms with Gasteiger partial charge in [0.2, 0.25) is 5.91 Å². The van der Waals surface area contributed by atoms with E-state index in [0.717, 1.165) is 29.3 Å². The molecule has 1 heterocycles. The number of hydrogen-bond acceptors (Lipinski definition) is 4. The number of carbonyl (C=O) groups is 1. The Morgan fingerprint density at radius 1 is 1.03 bits per heavy atom. The monoisotopic (exact) mass is 416 g/mol. The topological polar surface area (TPSA) is 50.8 Å². The summed E-state index contributed by atoms with van der Waals surface area (Å²) in [4.78, 5) is 15.1. The Morgan fingerprint density at radius 2 is 1.77 bits per heavy atom. The number of para-hydroxylation sites is 3. The van der Waals surface area contributed by atoms with Gasteiger partial charge in [-0.15, -0.1) is 0 Å². The molecule has 1 N–H and O–H groups in total. The molecule has 0 spiro atoms. The first-order valence-electron chi connectivity index (χ1n) is 10.7. The molecule has 31 heavy (non-hydrogen) atoms. The molecule has 1 aliphatic heterocycles. The van der Waals surface area contributed by atoms with Gasteiger partial charge in [0.15, 0.2) is 0 Å². The standard InChI is InChI=1S/C26H28N2O3/c1-2-30-24-14-8-6-12-21(24)17-27-26(29)16-22-19-31-25-15-9-7-13-23(25)28(22)18-20-10-4-3-5-11-20/h3-15,22H,2,16-19H2,1H3,(H,27,29)/t22-/m1/s1. The van der Waals surface area contributed by atoms with Gasteiger partial charge in [-0.2, -0.15) is 0 Å². The molecule has 0 unspecified atom stereocenters. The van der Waals surface area contributed by atoms with Crippen LogP contribution in [0.25, 0.3) is 0 Å². The van der Waals surface area contributed by atoms with Crippen LogP contribution in [-0.4, -0.2) is 25.2 Å². The van der Waals surface area contributed by atoms with Crippen LogP contribution in [0.1, 0.15) is 24.5 Å². The van der Waals surface area contributed by atoms with E-state index in [1.165, 1.54) is 5.56 Å². The van der Waals surface area contributed by atoms with Crippen LogP contribution < -0.4 is 19.7 Å². The minimum Gasteiger partial charge on any atom is -0.494 e. The molecule has 3 aromatic carbocycles. The van der Waals surface area contributed by atoms with Crippen LogP contribution in [0.4, 0.5) is 5.69 Å². The second-order valence-electron chi connectivity index (χ2n) is 7.57. The summed E-state index contributed by atoms with van der Waals surface area (Å²) in [6.45, 7) is 4.20. The van der Waals surface area contributed by atoms with Crippen molar-refractivity contribution in [3.05, 3.63) is 90.0 Å². The molecule has 0 aromatic heterocycles. The molecular weight excluding hydrogens is 388 g/mol. The number of carbonyl (C=O) groups excluding carboxylic acids is 1. The first kappa shape index (κ1) is 20.8. The van der Waals surface area contributed by atoms with E-state index in [1.54, 1.807) is 0 Å². The van der Waals surface area contributed by atoms with Crippen LogP contribution in [0.2, 0.25) is 0 Å². The van der Waals surface area contributed by atoms with Gasteiger partial charge in [-0.3, -0.25) is 4.79 Å². The number of anilines is 1. The van der Waals surface area contributed by atoms with Crippen molar-refractivity contribution < 1.29 is 14.3 Å². The molecule has 1 atom stereocenters. The summed E-state index contributed by atoms with van der Waals surface area (Å²) in [5, 5.41) is 3.05. The lowest BCUT2D eigenvalue weighted by atomic mass is 10.1. The first-order chi connectivity index (χ1) is 15.2. The van der Waals surface area contributed by atoms with Gasteiger partial charge in [-0.05, 0) is 30.7 Å². The maximum atomic E-state index is 12.8. The molecule has 0 bridgehead atoms. The van der Waals surface area contributed by atoms with E-state index in [1.807, 2.05) is 67.6 Å². The highest BCUT2D eigenvalue weighted by Gasteiger charge is 2.29. The van der Waals surface area contributed by atoms with E-state index in [4.69, 9.17) is 9.47 Å². The first-order valence-corrected chi connectivity index (χ1v) is 10.7. The summed E-state index contributed by atoms with van der Waals surface area (Å²) in [5.74, 6) is 1.67. The fraction of sp³-hybridized carbons (Fsp3) is 0.269. The lowest BCUT2D eigenvalue weighted by molar-refractivity contribution is -0.121. The van der Waals surface area contributed by atoms with Gasteiger partial charge >= 0.3 is 0 Å². The van der Waals surface area contributed by atoms with Crippen molar-refractivity contribution in [1.82, 2.24) is 5.32 Å². The van der Waals surface area contributed by atoms with Crippen molar-refractivity contribution in [2.75, 3.05) is 18.1 Å². The summed E-state index contributed by atoms with van der Waals surface area (Å²) in [7, 11) is 0. The van der Waals surface area contributed by atoms with Crippen molar-refractivity contribution >= 4 is 11.6 Å². The number of rotatable bonds is 8. The Bertz CT molecular complexity index is 1010. The smallest absolute Gasteiger partial charge is 0.222 e. The summed E-state index contributed by atoms with van der Waals surface area (Å²) in [6, 6.07) is 26.1. The molecule has 3 aromatic rings. The lowest BCUT2D eigenvalue weighted by Crippen LogP contribution is -2.45. The lowest BCUT2D eigenvalue weighted by Gasteiger charge is -2.38. The van der Waals surface area contributed by atoms with Crippen LogP contribution in [0.15, 0.2) is 78.9 Å². The van der Waals surface area contributed by atoms with Crippen LogP contribution >= 0.6 is 0 Å². The number of ether oxygens (including phenoxy) is 2.